The summed E-state index contributed by atoms with van der Waals surface area (Å²) in [6.45, 7) is 1.54. The van der Waals surface area contributed by atoms with Gasteiger partial charge in [-0.1, -0.05) is 18.9 Å². The number of nitro benzene ring substituents is 1. The molecule has 0 unspecified atom stereocenters. The molecule has 0 heterocycles. The Kier molecular flexibility index (Phi) is 3.98. The molecule has 112 valence electrons. The minimum atomic E-state index is -3.96. The molecule has 0 spiro atoms. The topological polar surface area (TPSA) is 113 Å². The summed E-state index contributed by atoms with van der Waals surface area (Å²) in [4.78, 5) is 10.1. The molecule has 0 radical (unpaired) electrons. The molecule has 0 atom stereocenters. The standard InChI is InChI=1S/C13H15N3O4S/c1-10-4-5-11(8-12(10)16(17)18)21(19,20)15-13(9-14)6-2-3-7-13/h4-5,8,15H,2-3,6-7H2,1H3. The summed E-state index contributed by atoms with van der Waals surface area (Å²) in [5.74, 6) is 0. The molecule has 1 N–H and O–H groups in total. The van der Waals surface area contributed by atoms with E-state index in [0.29, 0.717) is 18.4 Å². The molecule has 1 aromatic carbocycles. The van der Waals surface area contributed by atoms with Crippen molar-refractivity contribution in [2.24, 2.45) is 0 Å². The first-order valence-corrected chi connectivity index (χ1v) is 7.98. The molecule has 21 heavy (non-hydrogen) atoms. The summed E-state index contributed by atoms with van der Waals surface area (Å²) in [5.41, 5.74) is -0.969. The second-order valence-corrected chi connectivity index (χ2v) is 6.89. The minimum absolute atomic E-state index is 0.193. The lowest BCUT2D eigenvalue weighted by molar-refractivity contribution is -0.385. The van der Waals surface area contributed by atoms with Crippen LogP contribution in [0.4, 0.5) is 5.69 Å². The van der Waals surface area contributed by atoms with Crippen molar-refractivity contribution in [1.29, 1.82) is 5.26 Å². The van der Waals surface area contributed by atoms with Crippen LogP contribution in [-0.4, -0.2) is 18.9 Å². The molecular weight excluding hydrogens is 294 g/mol. The Morgan fingerprint density at radius 3 is 2.52 bits per heavy atom. The zero-order chi connectivity index (χ0) is 15.7. The van der Waals surface area contributed by atoms with Crippen LogP contribution in [-0.2, 0) is 10.0 Å². The second-order valence-electron chi connectivity index (χ2n) is 5.21. The molecule has 0 aliphatic heterocycles. The first-order valence-electron chi connectivity index (χ1n) is 6.50. The highest BCUT2D eigenvalue weighted by atomic mass is 32.2. The van der Waals surface area contributed by atoms with Crippen LogP contribution in [0.2, 0.25) is 0 Å². The SMILES string of the molecule is Cc1ccc(S(=O)(=O)NC2(C#N)CCCC2)cc1[N+](=O)[O-]. The first kappa shape index (κ1) is 15.4. The average Bonchev–Trinajstić information content (AvgIpc) is 2.87. The Balaban J connectivity index is 2.39. The van der Waals surface area contributed by atoms with E-state index in [4.69, 9.17) is 0 Å². The zero-order valence-corrected chi connectivity index (χ0v) is 12.3. The number of hydrogen-bond acceptors (Lipinski definition) is 5. The second kappa shape index (κ2) is 5.42. The molecule has 8 heteroatoms. The maximum Gasteiger partial charge on any atom is 0.273 e. The number of benzene rings is 1. The molecule has 1 fully saturated rings. The quantitative estimate of drug-likeness (QED) is 0.675. The van der Waals surface area contributed by atoms with Crippen LogP contribution < -0.4 is 4.72 Å². The lowest BCUT2D eigenvalue weighted by Gasteiger charge is -2.21. The fourth-order valence-corrected chi connectivity index (χ4v) is 3.88. The largest absolute Gasteiger partial charge is 0.273 e. The number of hydrogen-bond donors (Lipinski definition) is 1. The highest BCUT2D eigenvalue weighted by Crippen LogP contribution is 2.31. The van der Waals surface area contributed by atoms with E-state index < -0.39 is 20.5 Å². The Morgan fingerprint density at radius 2 is 2.00 bits per heavy atom. The van der Waals surface area contributed by atoms with Gasteiger partial charge in [0.1, 0.15) is 5.54 Å². The minimum Gasteiger partial charge on any atom is -0.258 e. The molecule has 1 aliphatic carbocycles. The molecule has 1 aliphatic rings. The Morgan fingerprint density at radius 1 is 1.38 bits per heavy atom. The van der Waals surface area contributed by atoms with E-state index in [-0.39, 0.29) is 10.6 Å². The predicted molar refractivity (Wildman–Crippen MR) is 75.0 cm³/mol. The van der Waals surface area contributed by atoms with E-state index in [1.807, 2.05) is 6.07 Å². The van der Waals surface area contributed by atoms with Crippen LogP contribution in [0.3, 0.4) is 0 Å². The number of nitrogens with one attached hydrogen (secondary N) is 1. The van der Waals surface area contributed by atoms with Gasteiger partial charge in [-0.05, 0) is 25.8 Å². The maximum absolute atomic E-state index is 12.4. The summed E-state index contributed by atoms with van der Waals surface area (Å²) >= 11 is 0. The van der Waals surface area contributed by atoms with Crippen molar-refractivity contribution in [3.05, 3.63) is 33.9 Å². The van der Waals surface area contributed by atoms with Crippen molar-refractivity contribution >= 4 is 15.7 Å². The van der Waals surface area contributed by atoms with E-state index in [2.05, 4.69) is 4.72 Å². The lowest BCUT2D eigenvalue weighted by Crippen LogP contribution is -2.44. The van der Waals surface area contributed by atoms with Crippen molar-refractivity contribution in [3.63, 3.8) is 0 Å². The molecule has 0 bridgehead atoms. The molecule has 7 nitrogen and oxygen atoms in total. The van der Waals surface area contributed by atoms with Gasteiger partial charge >= 0.3 is 0 Å². The summed E-state index contributed by atoms with van der Waals surface area (Å²) < 4.78 is 27.1. The van der Waals surface area contributed by atoms with E-state index in [1.54, 1.807) is 0 Å². The first-order chi connectivity index (χ1) is 9.80. The van der Waals surface area contributed by atoms with Crippen LogP contribution in [0.5, 0.6) is 0 Å². The van der Waals surface area contributed by atoms with Gasteiger partial charge in [0.2, 0.25) is 10.0 Å². The van der Waals surface area contributed by atoms with E-state index >= 15 is 0 Å². The van der Waals surface area contributed by atoms with Gasteiger partial charge in [-0.3, -0.25) is 10.1 Å². The number of nitro groups is 1. The Labute approximate surface area is 122 Å². The van der Waals surface area contributed by atoms with Crippen LogP contribution in [0.15, 0.2) is 23.1 Å². The summed E-state index contributed by atoms with van der Waals surface area (Å²) in [7, 11) is -3.96. The van der Waals surface area contributed by atoms with E-state index in [1.165, 1.54) is 19.1 Å². The van der Waals surface area contributed by atoms with Gasteiger partial charge in [-0.15, -0.1) is 0 Å². The smallest absolute Gasteiger partial charge is 0.258 e. The Bertz CT molecular complexity index is 715. The van der Waals surface area contributed by atoms with E-state index in [9.17, 15) is 23.8 Å². The highest BCUT2D eigenvalue weighted by Gasteiger charge is 2.38. The van der Waals surface area contributed by atoms with Crippen LogP contribution in [0, 0.1) is 28.4 Å². The molecule has 1 saturated carbocycles. The van der Waals surface area contributed by atoms with Crippen molar-refractivity contribution in [2.45, 2.75) is 43.0 Å². The van der Waals surface area contributed by atoms with Crippen molar-refractivity contribution in [2.75, 3.05) is 0 Å². The molecule has 0 saturated heterocycles. The fraction of sp³-hybridized carbons (Fsp3) is 0.462. The van der Waals surface area contributed by atoms with Crippen molar-refractivity contribution in [1.82, 2.24) is 4.72 Å². The third kappa shape index (κ3) is 3.04. The van der Waals surface area contributed by atoms with Gasteiger partial charge in [-0.2, -0.15) is 9.98 Å². The van der Waals surface area contributed by atoms with Crippen LogP contribution in [0.1, 0.15) is 31.2 Å². The number of rotatable bonds is 4. The van der Waals surface area contributed by atoms with Gasteiger partial charge in [0, 0.05) is 11.6 Å². The highest BCUT2D eigenvalue weighted by molar-refractivity contribution is 7.89. The van der Waals surface area contributed by atoms with Crippen molar-refractivity contribution in [3.8, 4) is 6.07 Å². The van der Waals surface area contributed by atoms with Gasteiger partial charge in [0.25, 0.3) is 5.69 Å². The Hall–Kier alpha value is -1.98. The molecule has 2 rings (SSSR count). The average molecular weight is 309 g/mol. The zero-order valence-electron chi connectivity index (χ0n) is 11.5. The van der Waals surface area contributed by atoms with Gasteiger partial charge in [0.05, 0.1) is 15.9 Å². The molecule has 0 aromatic heterocycles. The third-order valence-corrected chi connectivity index (χ3v) is 5.22. The number of nitriles is 1. The van der Waals surface area contributed by atoms with Crippen LogP contribution in [0.25, 0.3) is 0 Å². The maximum atomic E-state index is 12.4. The lowest BCUT2D eigenvalue weighted by atomic mass is 10.0. The van der Waals surface area contributed by atoms with Gasteiger partial charge < -0.3 is 0 Å². The predicted octanol–water partition coefficient (Wildman–Crippen LogP) is 2.02. The van der Waals surface area contributed by atoms with Crippen LogP contribution >= 0.6 is 0 Å². The number of nitrogens with zero attached hydrogens (tertiary/aromatic N) is 2. The molecule has 1 aromatic rings. The monoisotopic (exact) mass is 309 g/mol. The molecule has 0 amide bonds. The number of sulfonamides is 1. The normalized spacial score (nSPS) is 17.3. The summed E-state index contributed by atoms with van der Waals surface area (Å²) in [6, 6.07) is 5.75. The van der Waals surface area contributed by atoms with Gasteiger partial charge in [-0.25, -0.2) is 8.42 Å². The number of aryl methyl sites for hydroxylation is 1. The van der Waals surface area contributed by atoms with E-state index in [0.717, 1.165) is 18.9 Å². The van der Waals surface area contributed by atoms with Gasteiger partial charge in [0.15, 0.2) is 0 Å². The van der Waals surface area contributed by atoms with Crippen molar-refractivity contribution < 1.29 is 13.3 Å². The third-order valence-electron chi connectivity index (χ3n) is 3.69. The summed E-state index contributed by atoms with van der Waals surface area (Å²) in [6.07, 6.45) is 2.47. The fourth-order valence-electron chi connectivity index (χ4n) is 2.48. The molecular formula is C13H15N3O4S. The summed E-state index contributed by atoms with van der Waals surface area (Å²) in [5, 5.41) is 20.1.